The number of hydrogen-bond acceptors (Lipinski definition) is 8. The molecule has 1 aliphatic rings. The standard InChI is InChI=1S/C23H23N5O8/c1-23(2,3)36-22(33)24-11-18(29)25-13-4-6-14(7-5-13)26-19(30)12-27-20(31)16-9-8-15(28(34)35)10-17(16)21(27)32/h4-10H,11-12H2,1-3H3,(H,24,33)(H,25,29)(H,26,30). The Morgan fingerprint density at radius 3 is 2.03 bits per heavy atom. The molecule has 0 saturated heterocycles. The highest BCUT2D eigenvalue weighted by atomic mass is 16.6. The highest BCUT2D eigenvalue weighted by Crippen LogP contribution is 2.26. The molecule has 0 bridgehead atoms. The van der Waals surface area contributed by atoms with Crippen molar-refractivity contribution >= 4 is 46.8 Å². The van der Waals surface area contributed by atoms with Gasteiger partial charge < -0.3 is 20.7 Å². The minimum Gasteiger partial charge on any atom is -0.444 e. The maximum Gasteiger partial charge on any atom is 0.408 e. The van der Waals surface area contributed by atoms with Gasteiger partial charge in [-0.2, -0.15) is 0 Å². The van der Waals surface area contributed by atoms with Gasteiger partial charge >= 0.3 is 6.09 Å². The van der Waals surface area contributed by atoms with Crippen molar-refractivity contribution in [3.8, 4) is 0 Å². The number of alkyl carbamates (subject to hydrolysis) is 1. The number of nitro benzene ring substituents is 1. The number of carbonyl (C=O) groups excluding carboxylic acids is 5. The normalized spacial score (nSPS) is 12.6. The molecule has 1 heterocycles. The van der Waals surface area contributed by atoms with Gasteiger partial charge in [0.1, 0.15) is 18.7 Å². The second-order valence-corrected chi connectivity index (χ2v) is 8.71. The average Bonchev–Trinajstić information content (AvgIpc) is 3.02. The van der Waals surface area contributed by atoms with Crippen LogP contribution in [0.1, 0.15) is 41.5 Å². The van der Waals surface area contributed by atoms with E-state index in [0.717, 1.165) is 12.1 Å². The van der Waals surface area contributed by atoms with Gasteiger partial charge in [0, 0.05) is 23.5 Å². The average molecular weight is 497 g/mol. The van der Waals surface area contributed by atoms with Crippen molar-refractivity contribution in [2.24, 2.45) is 0 Å². The predicted octanol–water partition coefficient (Wildman–Crippen LogP) is 2.29. The summed E-state index contributed by atoms with van der Waals surface area (Å²) in [5, 5.41) is 18.4. The van der Waals surface area contributed by atoms with Crippen LogP contribution in [0.2, 0.25) is 0 Å². The molecule has 188 valence electrons. The number of ether oxygens (including phenoxy) is 1. The van der Waals surface area contributed by atoms with Crippen LogP contribution < -0.4 is 16.0 Å². The number of fused-ring (bicyclic) bond motifs is 1. The van der Waals surface area contributed by atoms with Crippen molar-refractivity contribution < 1.29 is 33.6 Å². The van der Waals surface area contributed by atoms with Crippen molar-refractivity contribution in [2.75, 3.05) is 23.7 Å². The third-order valence-electron chi connectivity index (χ3n) is 4.71. The lowest BCUT2D eigenvalue weighted by Crippen LogP contribution is -2.37. The van der Waals surface area contributed by atoms with Gasteiger partial charge in [-0.15, -0.1) is 0 Å². The third kappa shape index (κ3) is 6.40. The predicted molar refractivity (Wildman–Crippen MR) is 126 cm³/mol. The van der Waals surface area contributed by atoms with E-state index in [0.29, 0.717) is 16.3 Å². The smallest absolute Gasteiger partial charge is 0.408 e. The van der Waals surface area contributed by atoms with Gasteiger partial charge in [0.2, 0.25) is 11.8 Å². The second kappa shape index (κ2) is 10.2. The summed E-state index contributed by atoms with van der Waals surface area (Å²) in [5.74, 6) is -2.69. The molecule has 2 aromatic rings. The first kappa shape index (κ1) is 25.8. The fourth-order valence-electron chi connectivity index (χ4n) is 3.19. The molecule has 2 aromatic carbocycles. The van der Waals surface area contributed by atoms with Crippen LogP contribution >= 0.6 is 0 Å². The fraction of sp³-hybridized carbons (Fsp3) is 0.261. The van der Waals surface area contributed by atoms with Crippen molar-refractivity contribution in [2.45, 2.75) is 26.4 Å². The van der Waals surface area contributed by atoms with Gasteiger partial charge in [-0.25, -0.2) is 4.79 Å². The first-order chi connectivity index (χ1) is 16.8. The minimum atomic E-state index is -0.799. The van der Waals surface area contributed by atoms with E-state index in [9.17, 15) is 34.1 Å². The topological polar surface area (TPSA) is 177 Å². The quantitative estimate of drug-likeness (QED) is 0.296. The third-order valence-corrected chi connectivity index (χ3v) is 4.71. The summed E-state index contributed by atoms with van der Waals surface area (Å²) in [7, 11) is 0. The molecule has 0 saturated carbocycles. The molecule has 0 radical (unpaired) electrons. The molecule has 0 unspecified atom stereocenters. The molecule has 3 N–H and O–H groups in total. The second-order valence-electron chi connectivity index (χ2n) is 8.71. The Labute approximate surface area is 204 Å². The van der Waals surface area contributed by atoms with E-state index < -0.39 is 46.8 Å². The van der Waals surface area contributed by atoms with Crippen LogP contribution in [0, 0.1) is 10.1 Å². The fourth-order valence-corrected chi connectivity index (χ4v) is 3.19. The van der Waals surface area contributed by atoms with Crippen LogP contribution in [0.5, 0.6) is 0 Å². The van der Waals surface area contributed by atoms with E-state index in [1.165, 1.54) is 30.3 Å². The summed E-state index contributed by atoms with van der Waals surface area (Å²) in [6, 6.07) is 9.28. The zero-order valence-corrected chi connectivity index (χ0v) is 19.6. The van der Waals surface area contributed by atoms with Gasteiger partial charge in [0.15, 0.2) is 0 Å². The number of amides is 5. The molecule has 36 heavy (non-hydrogen) atoms. The molecule has 1 aliphatic heterocycles. The lowest BCUT2D eigenvalue weighted by molar-refractivity contribution is -0.384. The molecule has 13 heteroatoms. The maximum atomic E-state index is 12.5. The number of nitrogens with zero attached hydrogens (tertiary/aromatic N) is 2. The van der Waals surface area contributed by atoms with Crippen LogP contribution in [-0.4, -0.2) is 58.2 Å². The molecule has 0 aromatic heterocycles. The lowest BCUT2D eigenvalue weighted by atomic mass is 10.1. The number of hydrogen-bond donors (Lipinski definition) is 3. The zero-order chi connectivity index (χ0) is 26.6. The van der Waals surface area contributed by atoms with Crippen molar-refractivity contribution in [1.82, 2.24) is 10.2 Å². The summed E-state index contributed by atoms with van der Waals surface area (Å²) in [6.45, 7) is 4.19. The summed E-state index contributed by atoms with van der Waals surface area (Å²) in [4.78, 5) is 71.9. The van der Waals surface area contributed by atoms with E-state index in [1.54, 1.807) is 20.8 Å². The van der Waals surface area contributed by atoms with Crippen molar-refractivity contribution in [1.29, 1.82) is 0 Å². The Balaban J connectivity index is 1.52. The molecule has 13 nitrogen and oxygen atoms in total. The maximum absolute atomic E-state index is 12.5. The van der Waals surface area contributed by atoms with Crippen molar-refractivity contribution in [3.05, 3.63) is 63.7 Å². The number of nitrogens with one attached hydrogen (secondary N) is 3. The van der Waals surface area contributed by atoms with Gasteiger partial charge in [0.25, 0.3) is 17.5 Å². The van der Waals surface area contributed by atoms with Gasteiger partial charge in [0.05, 0.1) is 16.1 Å². The van der Waals surface area contributed by atoms with E-state index in [1.807, 2.05) is 0 Å². The van der Waals surface area contributed by atoms with E-state index in [2.05, 4.69) is 16.0 Å². The monoisotopic (exact) mass is 497 g/mol. The molecular weight excluding hydrogens is 474 g/mol. The Morgan fingerprint density at radius 1 is 0.917 bits per heavy atom. The van der Waals surface area contributed by atoms with E-state index in [-0.39, 0.29) is 23.4 Å². The number of imide groups is 1. The molecule has 0 atom stereocenters. The summed E-state index contributed by atoms with van der Waals surface area (Å²) >= 11 is 0. The Morgan fingerprint density at radius 2 is 1.47 bits per heavy atom. The van der Waals surface area contributed by atoms with Crippen LogP contribution in [-0.2, 0) is 14.3 Å². The Hall–Kier alpha value is -4.81. The molecule has 3 rings (SSSR count). The summed E-state index contributed by atoms with van der Waals surface area (Å²) in [6.07, 6.45) is -0.730. The summed E-state index contributed by atoms with van der Waals surface area (Å²) in [5.41, 5.74) is -0.457. The largest absolute Gasteiger partial charge is 0.444 e. The molecular formula is C23H23N5O8. The number of carbonyl (C=O) groups is 5. The van der Waals surface area contributed by atoms with Crippen molar-refractivity contribution in [3.63, 3.8) is 0 Å². The number of non-ortho nitro benzene ring substituents is 1. The molecule has 0 aliphatic carbocycles. The minimum absolute atomic E-state index is 0.0142. The number of nitro groups is 1. The van der Waals surface area contributed by atoms with Crippen LogP contribution in [0.25, 0.3) is 0 Å². The van der Waals surface area contributed by atoms with Gasteiger partial charge in [-0.05, 0) is 51.1 Å². The Bertz CT molecular complexity index is 1250. The van der Waals surface area contributed by atoms with Crippen LogP contribution in [0.3, 0.4) is 0 Å². The number of anilines is 2. The number of benzene rings is 2. The number of rotatable bonds is 7. The van der Waals surface area contributed by atoms with Crippen LogP contribution in [0.15, 0.2) is 42.5 Å². The first-order valence-electron chi connectivity index (χ1n) is 10.7. The SMILES string of the molecule is CC(C)(C)OC(=O)NCC(=O)Nc1ccc(NC(=O)CN2C(=O)c3ccc([N+](=O)[O-])cc3C2=O)cc1. The highest BCUT2D eigenvalue weighted by Gasteiger charge is 2.37. The highest BCUT2D eigenvalue weighted by molar-refractivity contribution is 6.23. The van der Waals surface area contributed by atoms with Crippen LogP contribution in [0.4, 0.5) is 21.9 Å². The molecule has 0 spiro atoms. The Kier molecular flexibility index (Phi) is 7.32. The molecule has 0 fully saturated rings. The first-order valence-corrected chi connectivity index (χ1v) is 10.7. The summed E-state index contributed by atoms with van der Waals surface area (Å²) < 4.78 is 5.04. The van der Waals surface area contributed by atoms with E-state index in [4.69, 9.17) is 4.74 Å². The van der Waals surface area contributed by atoms with E-state index >= 15 is 0 Å². The lowest BCUT2D eigenvalue weighted by Gasteiger charge is -2.19. The van der Waals surface area contributed by atoms with Gasteiger partial charge in [-0.1, -0.05) is 0 Å². The zero-order valence-electron chi connectivity index (χ0n) is 19.6. The van der Waals surface area contributed by atoms with Gasteiger partial charge in [-0.3, -0.25) is 34.2 Å². The molecule has 5 amide bonds.